The lowest BCUT2D eigenvalue weighted by atomic mass is 9.89. The Labute approximate surface area is 359 Å². The average molecular weight is 864 g/mol. The standard InChI is InChI=1S/C43H40ClF2N11O5/c44-31-17-26(4-1-23(31)20-47)56-12-11-27-33(21-56)48-22-49-39(27)52-36-9-7-28(38(46)51-36)40(59)50-24-2-5-25(6-3-24)54-13-15-55(16-14-54)35-19-30-29(18-32(35)45)42(61)57(43(30)62)34-8-10-37(58)53-41(34)60/h1,4,7,9,17-19,22,24-25,34H,2-3,5-6,8,10-16,21H2,(H,50,59)(H,53,58,60)(H,48,49,51,52). The number of nitriles is 1. The number of carbonyl (C=O) groups is 5. The minimum Gasteiger partial charge on any atom is -0.367 e. The van der Waals surface area contributed by atoms with E-state index >= 15 is 8.78 Å². The Balaban J connectivity index is 0.757. The lowest BCUT2D eigenvalue weighted by Gasteiger charge is -2.42. The van der Waals surface area contributed by atoms with Crippen LogP contribution >= 0.6 is 11.6 Å². The molecule has 9 rings (SSSR count). The molecule has 0 bridgehead atoms. The van der Waals surface area contributed by atoms with E-state index in [1.807, 2.05) is 11.0 Å². The summed E-state index contributed by atoms with van der Waals surface area (Å²) < 4.78 is 30.8. The number of amides is 5. The third-order valence-corrected chi connectivity index (χ3v) is 12.8. The summed E-state index contributed by atoms with van der Waals surface area (Å²) in [5.41, 5.74) is 2.90. The number of piperidine rings is 1. The molecule has 1 atom stereocenters. The maximum absolute atomic E-state index is 15.5. The summed E-state index contributed by atoms with van der Waals surface area (Å²) in [6.45, 7) is 3.35. The number of hydrogen-bond acceptors (Lipinski definition) is 13. The third kappa shape index (κ3) is 7.77. The first kappa shape index (κ1) is 40.8. The van der Waals surface area contributed by atoms with Crippen LogP contribution in [0.25, 0.3) is 0 Å². The monoisotopic (exact) mass is 863 g/mol. The summed E-state index contributed by atoms with van der Waals surface area (Å²) in [7, 11) is 0. The number of rotatable bonds is 8. The van der Waals surface area contributed by atoms with E-state index in [4.69, 9.17) is 11.6 Å². The summed E-state index contributed by atoms with van der Waals surface area (Å²) in [5, 5.41) is 17.8. The largest absolute Gasteiger partial charge is 0.367 e. The zero-order valence-corrected chi connectivity index (χ0v) is 34.1. The van der Waals surface area contributed by atoms with Crippen molar-refractivity contribution in [1.82, 2.24) is 35.4 Å². The quantitative estimate of drug-likeness (QED) is 0.168. The molecule has 3 N–H and O–H groups in total. The van der Waals surface area contributed by atoms with Gasteiger partial charge in [0.2, 0.25) is 17.8 Å². The SMILES string of the molecule is N#Cc1ccc(N2CCc3c(ncnc3Nc3ccc(C(=O)NC4CCC(N5CCN(c6cc7c(cc6F)C(=O)N(C6CCC(=O)NC6=O)C7=O)CC5)CC4)c(F)n3)C2)cc1Cl. The fourth-order valence-electron chi connectivity index (χ4n) is 9.17. The van der Waals surface area contributed by atoms with Gasteiger partial charge in [0, 0.05) is 62.5 Å². The van der Waals surface area contributed by atoms with Crippen LogP contribution in [0.1, 0.15) is 86.4 Å². The van der Waals surface area contributed by atoms with Gasteiger partial charge in [0.15, 0.2) is 0 Å². The number of carbonyl (C=O) groups excluding carboxylic acids is 5. The molecule has 2 aromatic carbocycles. The lowest BCUT2D eigenvalue weighted by molar-refractivity contribution is -0.136. The molecule has 1 saturated carbocycles. The van der Waals surface area contributed by atoms with Gasteiger partial charge in [-0.15, -0.1) is 0 Å². The van der Waals surface area contributed by atoms with Gasteiger partial charge in [0.1, 0.15) is 35.9 Å². The normalized spacial score (nSPS) is 21.6. The van der Waals surface area contributed by atoms with Crippen LogP contribution in [0.3, 0.4) is 0 Å². The first-order valence-corrected chi connectivity index (χ1v) is 20.9. The molecule has 3 fully saturated rings. The Morgan fingerprint density at radius 1 is 0.871 bits per heavy atom. The minimum atomic E-state index is -1.13. The molecular formula is C43H40ClF2N11O5. The van der Waals surface area contributed by atoms with Crippen molar-refractivity contribution in [3.05, 3.63) is 99.1 Å². The molecule has 1 aliphatic carbocycles. The Morgan fingerprint density at radius 3 is 2.34 bits per heavy atom. The minimum absolute atomic E-state index is 0.00807. The van der Waals surface area contributed by atoms with Crippen LogP contribution in [0, 0.1) is 23.1 Å². The molecule has 318 valence electrons. The number of halogens is 3. The van der Waals surface area contributed by atoms with Gasteiger partial charge in [-0.2, -0.15) is 9.65 Å². The van der Waals surface area contributed by atoms with Gasteiger partial charge < -0.3 is 20.4 Å². The van der Waals surface area contributed by atoms with Gasteiger partial charge in [0.25, 0.3) is 17.7 Å². The second kappa shape index (κ2) is 16.7. The van der Waals surface area contributed by atoms with Crippen molar-refractivity contribution in [2.24, 2.45) is 0 Å². The van der Waals surface area contributed by atoms with Gasteiger partial charge in [-0.3, -0.25) is 39.1 Å². The average Bonchev–Trinajstić information content (AvgIpc) is 3.50. The second-order valence-corrected chi connectivity index (χ2v) is 16.5. The highest BCUT2D eigenvalue weighted by Gasteiger charge is 2.45. The van der Waals surface area contributed by atoms with E-state index in [9.17, 15) is 29.2 Å². The number of imide groups is 2. The lowest BCUT2D eigenvalue weighted by Crippen LogP contribution is -2.54. The number of aromatic nitrogens is 3. The fraction of sp³-hybridized carbons (Fsp3) is 0.372. The highest BCUT2D eigenvalue weighted by molar-refractivity contribution is 6.32. The number of nitrogens with zero attached hydrogens (tertiary/aromatic N) is 8. The van der Waals surface area contributed by atoms with Crippen molar-refractivity contribution in [2.75, 3.05) is 47.8 Å². The van der Waals surface area contributed by atoms with Crippen LogP contribution < -0.4 is 25.8 Å². The van der Waals surface area contributed by atoms with E-state index < -0.39 is 47.3 Å². The number of pyridine rings is 1. The summed E-state index contributed by atoms with van der Waals surface area (Å²) in [4.78, 5) is 83.7. The molecule has 5 aliphatic rings. The number of nitrogens with one attached hydrogen (secondary N) is 3. The Kier molecular flexibility index (Phi) is 11.0. The van der Waals surface area contributed by atoms with Crippen molar-refractivity contribution in [3.63, 3.8) is 0 Å². The number of piperazine rings is 1. The van der Waals surface area contributed by atoms with E-state index in [1.54, 1.807) is 18.2 Å². The van der Waals surface area contributed by atoms with Gasteiger partial charge in [-0.05, 0) is 81.0 Å². The molecule has 1 unspecified atom stereocenters. The molecule has 19 heteroatoms. The topological polar surface area (TPSA) is 197 Å². The van der Waals surface area contributed by atoms with E-state index in [-0.39, 0.29) is 53.1 Å². The summed E-state index contributed by atoms with van der Waals surface area (Å²) >= 11 is 6.26. The Hall–Kier alpha value is -6.58. The second-order valence-electron chi connectivity index (χ2n) is 16.1. The first-order chi connectivity index (χ1) is 29.9. The van der Waals surface area contributed by atoms with Crippen molar-refractivity contribution in [1.29, 1.82) is 5.26 Å². The van der Waals surface area contributed by atoms with Crippen LogP contribution in [-0.4, -0.2) is 105 Å². The molecule has 16 nitrogen and oxygen atoms in total. The zero-order valence-electron chi connectivity index (χ0n) is 33.3. The molecule has 6 heterocycles. The van der Waals surface area contributed by atoms with E-state index in [0.29, 0.717) is 74.9 Å². The van der Waals surface area contributed by atoms with Gasteiger partial charge in [-0.1, -0.05) is 11.6 Å². The number of benzene rings is 2. The van der Waals surface area contributed by atoms with Crippen LogP contribution in [0.5, 0.6) is 0 Å². The molecule has 2 saturated heterocycles. The molecule has 5 amide bonds. The van der Waals surface area contributed by atoms with Crippen molar-refractivity contribution in [3.8, 4) is 6.07 Å². The molecule has 4 aromatic rings. The molecule has 0 radical (unpaired) electrons. The van der Waals surface area contributed by atoms with Crippen LogP contribution in [-0.2, 0) is 22.6 Å². The number of anilines is 4. The highest BCUT2D eigenvalue weighted by Crippen LogP contribution is 2.35. The van der Waals surface area contributed by atoms with Gasteiger partial charge in [0.05, 0.1) is 45.2 Å². The smallest absolute Gasteiger partial charge is 0.262 e. The third-order valence-electron chi connectivity index (χ3n) is 12.5. The molecule has 62 heavy (non-hydrogen) atoms. The van der Waals surface area contributed by atoms with Crippen molar-refractivity contribution in [2.45, 2.75) is 69.6 Å². The van der Waals surface area contributed by atoms with Crippen LogP contribution in [0.15, 0.2) is 48.8 Å². The Bertz CT molecular complexity index is 2570. The maximum Gasteiger partial charge on any atom is 0.262 e. The van der Waals surface area contributed by atoms with E-state index in [2.05, 4.69) is 46.8 Å². The predicted octanol–water partition coefficient (Wildman–Crippen LogP) is 4.25. The van der Waals surface area contributed by atoms with E-state index in [0.717, 1.165) is 40.8 Å². The van der Waals surface area contributed by atoms with Crippen molar-refractivity contribution < 1.29 is 32.8 Å². The molecular weight excluding hydrogens is 824 g/mol. The Morgan fingerprint density at radius 2 is 1.63 bits per heavy atom. The molecule has 4 aliphatic heterocycles. The fourth-order valence-corrected chi connectivity index (χ4v) is 9.38. The van der Waals surface area contributed by atoms with Crippen LogP contribution in [0.4, 0.5) is 31.8 Å². The zero-order chi connectivity index (χ0) is 43.2. The maximum atomic E-state index is 15.5. The summed E-state index contributed by atoms with van der Waals surface area (Å²) in [6.07, 6.45) is 5.02. The van der Waals surface area contributed by atoms with Gasteiger partial charge in [-0.25, -0.2) is 19.3 Å². The highest BCUT2D eigenvalue weighted by atomic mass is 35.5. The number of fused-ring (bicyclic) bond motifs is 2. The summed E-state index contributed by atoms with van der Waals surface area (Å²) in [5.74, 6) is -4.03. The molecule has 2 aromatic heterocycles. The number of hydrogen-bond donors (Lipinski definition) is 3. The van der Waals surface area contributed by atoms with Crippen molar-refractivity contribution >= 4 is 64.1 Å². The van der Waals surface area contributed by atoms with Gasteiger partial charge >= 0.3 is 0 Å². The predicted molar refractivity (Wildman–Crippen MR) is 221 cm³/mol. The van der Waals surface area contributed by atoms with E-state index in [1.165, 1.54) is 18.5 Å². The summed E-state index contributed by atoms with van der Waals surface area (Å²) in [6, 6.07) is 11.7. The van der Waals surface area contributed by atoms with Crippen LogP contribution in [0.2, 0.25) is 5.02 Å². The molecule has 0 spiro atoms. The first-order valence-electron chi connectivity index (χ1n) is 20.5.